The molecule has 0 aliphatic carbocycles. The molecule has 1 N–H and O–H groups in total. The van der Waals surface area contributed by atoms with E-state index in [0.29, 0.717) is 13.2 Å². The van der Waals surface area contributed by atoms with Gasteiger partial charge in [-0.15, -0.1) is 0 Å². The van der Waals surface area contributed by atoms with Gasteiger partial charge in [-0.2, -0.15) is 0 Å². The molecule has 2 aromatic carbocycles. The lowest BCUT2D eigenvalue weighted by atomic mass is 10.2. The number of hydrogen-bond acceptors (Lipinski definition) is 5. The average molecular weight is 328 g/mol. The molecular weight excluding hydrogens is 308 g/mol. The summed E-state index contributed by atoms with van der Waals surface area (Å²) in [5.74, 6) is 0.881. The number of aryl methyl sites for hydroxylation is 1. The molecule has 120 valence electrons. The van der Waals surface area contributed by atoms with Gasteiger partial charge in [0.2, 0.25) is 0 Å². The van der Waals surface area contributed by atoms with Gasteiger partial charge in [-0.3, -0.25) is 0 Å². The maximum atomic E-state index is 5.93. The summed E-state index contributed by atoms with van der Waals surface area (Å²) in [6.07, 6.45) is 0. The Bertz CT molecular complexity index is 771. The van der Waals surface area contributed by atoms with Crippen LogP contribution in [0.4, 0.5) is 5.13 Å². The second kappa shape index (κ2) is 7.44. The van der Waals surface area contributed by atoms with Gasteiger partial charge in [0, 0.05) is 13.7 Å². The van der Waals surface area contributed by atoms with Crippen LogP contribution < -0.4 is 10.1 Å². The van der Waals surface area contributed by atoms with Gasteiger partial charge < -0.3 is 14.8 Å². The zero-order valence-corrected chi connectivity index (χ0v) is 14.2. The van der Waals surface area contributed by atoms with Crippen molar-refractivity contribution in [1.29, 1.82) is 0 Å². The first-order chi connectivity index (χ1) is 11.3. The molecule has 0 aliphatic heterocycles. The van der Waals surface area contributed by atoms with Crippen LogP contribution >= 0.6 is 11.3 Å². The van der Waals surface area contributed by atoms with Crippen molar-refractivity contribution < 1.29 is 9.47 Å². The highest BCUT2D eigenvalue weighted by Gasteiger charge is 2.09. The summed E-state index contributed by atoms with van der Waals surface area (Å²) in [5, 5.41) is 4.20. The van der Waals surface area contributed by atoms with Crippen molar-refractivity contribution in [1.82, 2.24) is 4.98 Å². The maximum Gasteiger partial charge on any atom is 0.183 e. The standard InChI is InChI=1S/C18H20N2O2S/c1-13-10-15(22-12-14-6-4-3-5-7-14)11-16-17(13)20-18(23-16)19-8-9-21-2/h3-7,10-11H,8-9,12H2,1-2H3,(H,19,20). The minimum Gasteiger partial charge on any atom is -0.489 e. The van der Waals surface area contributed by atoms with Gasteiger partial charge in [0.05, 0.1) is 16.8 Å². The van der Waals surface area contributed by atoms with Gasteiger partial charge in [0.25, 0.3) is 0 Å². The molecule has 1 heterocycles. The number of nitrogens with zero attached hydrogens (tertiary/aromatic N) is 1. The number of nitrogens with one attached hydrogen (secondary N) is 1. The third-order valence-corrected chi connectivity index (χ3v) is 4.45. The van der Waals surface area contributed by atoms with E-state index in [0.717, 1.165) is 38.8 Å². The summed E-state index contributed by atoms with van der Waals surface area (Å²) in [5.41, 5.74) is 3.32. The maximum absolute atomic E-state index is 5.93. The van der Waals surface area contributed by atoms with Crippen molar-refractivity contribution >= 4 is 26.7 Å². The fourth-order valence-corrected chi connectivity index (χ4v) is 3.32. The van der Waals surface area contributed by atoms with E-state index in [-0.39, 0.29) is 0 Å². The van der Waals surface area contributed by atoms with Crippen LogP contribution in [0.15, 0.2) is 42.5 Å². The van der Waals surface area contributed by atoms with Crippen LogP contribution in [0.2, 0.25) is 0 Å². The van der Waals surface area contributed by atoms with E-state index in [9.17, 15) is 0 Å². The van der Waals surface area contributed by atoms with Crippen LogP contribution in [0, 0.1) is 6.92 Å². The summed E-state index contributed by atoms with van der Waals surface area (Å²) in [7, 11) is 1.69. The first-order valence-electron chi connectivity index (χ1n) is 7.57. The summed E-state index contributed by atoms with van der Waals surface area (Å²) >= 11 is 1.64. The zero-order valence-electron chi connectivity index (χ0n) is 13.3. The monoisotopic (exact) mass is 328 g/mol. The SMILES string of the molecule is COCCNc1nc2c(C)cc(OCc3ccccc3)cc2s1. The van der Waals surface area contributed by atoms with Gasteiger partial charge in [0.15, 0.2) is 5.13 Å². The van der Waals surface area contributed by atoms with Crippen molar-refractivity contribution in [2.24, 2.45) is 0 Å². The van der Waals surface area contributed by atoms with Gasteiger partial charge >= 0.3 is 0 Å². The number of thiazole rings is 1. The Morgan fingerprint density at radius 1 is 1.17 bits per heavy atom. The molecule has 0 unspecified atom stereocenters. The molecule has 3 rings (SSSR count). The first-order valence-corrected chi connectivity index (χ1v) is 8.38. The Morgan fingerprint density at radius 3 is 2.78 bits per heavy atom. The number of aromatic nitrogens is 1. The highest BCUT2D eigenvalue weighted by Crippen LogP contribution is 2.32. The number of methoxy groups -OCH3 is 1. The topological polar surface area (TPSA) is 43.4 Å². The second-order valence-electron chi connectivity index (χ2n) is 5.30. The summed E-state index contributed by atoms with van der Waals surface area (Å²) < 4.78 is 12.1. The lowest BCUT2D eigenvalue weighted by molar-refractivity contribution is 0.211. The fourth-order valence-electron chi connectivity index (χ4n) is 2.32. The van der Waals surface area contributed by atoms with E-state index in [2.05, 4.69) is 35.4 Å². The third kappa shape index (κ3) is 4.00. The minimum atomic E-state index is 0.573. The van der Waals surface area contributed by atoms with Crippen molar-refractivity contribution in [3.8, 4) is 5.75 Å². The molecule has 0 saturated heterocycles. The third-order valence-electron chi connectivity index (χ3n) is 3.49. The van der Waals surface area contributed by atoms with Crippen LogP contribution in [0.1, 0.15) is 11.1 Å². The van der Waals surface area contributed by atoms with E-state index >= 15 is 0 Å². The fraction of sp³-hybridized carbons (Fsp3) is 0.278. The number of benzene rings is 2. The number of ether oxygens (including phenoxy) is 2. The molecule has 5 heteroatoms. The van der Waals surface area contributed by atoms with E-state index in [4.69, 9.17) is 9.47 Å². The highest BCUT2D eigenvalue weighted by molar-refractivity contribution is 7.22. The molecule has 0 aliphatic rings. The Balaban J connectivity index is 1.74. The van der Waals surface area contributed by atoms with Crippen molar-refractivity contribution in [2.45, 2.75) is 13.5 Å². The predicted octanol–water partition coefficient (Wildman–Crippen LogP) is 4.24. The summed E-state index contributed by atoms with van der Waals surface area (Å²) in [6.45, 7) is 4.06. The largest absolute Gasteiger partial charge is 0.489 e. The molecule has 0 saturated carbocycles. The van der Waals surface area contributed by atoms with E-state index < -0.39 is 0 Å². The van der Waals surface area contributed by atoms with Crippen molar-refractivity contribution in [2.75, 3.05) is 25.6 Å². The van der Waals surface area contributed by atoms with Crippen LogP contribution in [0.25, 0.3) is 10.2 Å². The van der Waals surface area contributed by atoms with Gasteiger partial charge in [0.1, 0.15) is 12.4 Å². The van der Waals surface area contributed by atoms with E-state index in [1.54, 1.807) is 18.4 Å². The van der Waals surface area contributed by atoms with Crippen LogP contribution in [0.5, 0.6) is 5.75 Å². The molecule has 0 amide bonds. The molecule has 0 radical (unpaired) electrons. The Kier molecular flexibility index (Phi) is 5.10. The first kappa shape index (κ1) is 15.8. The summed E-state index contributed by atoms with van der Waals surface area (Å²) in [4.78, 5) is 4.64. The molecule has 0 bridgehead atoms. The highest BCUT2D eigenvalue weighted by atomic mass is 32.1. The van der Waals surface area contributed by atoms with Gasteiger partial charge in [-0.1, -0.05) is 41.7 Å². The Morgan fingerprint density at radius 2 is 2.00 bits per heavy atom. The van der Waals surface area contributed by atoms with Crippen LogP contribution in [0.3, 0.4) is 0 Å². The Hall–Kier alpha value is -2.11. The van der Waals surface area contributed by atoms with Crippen LogP contribution in [-0.4, -0.2) is 25.2 Å². The summed E-state index contributed by atoms with van der Waals surface area (Å²) in [6, 6.07) is 14.3. The van der Waals surface area contributed by atoms with E-state index in [1.165, 1.54) is 0 Å². The molecule has 4 nitrogen and oxygen atoms in total. The lowest BCUT2D eigenvalue weighted by Crippen LogP contribution is -2.06. The predicted molar refractivity (Wildman–Crippen MR) is 95.5 cm³/mol. The normalized spacial score (nSPS) is 10.9. The zero-order chi connectivity index (χ0) is 16.1. The molecule has 0 atom stereocenters. The van der Waals surface area contributed by atoms with Crippen LogP contribution in [-0.2, 0) is 11.3 Å². The molecular formula is C18H20N2O2S. The Labute approximate surface area is 140 Å². The minimum absolute atomic E-state index is 0.573. The van der Waals surface area contributed by atoms with Crippen molar-refractivity contribution in [3.63, 3.8) is 0 Å². The second-order valence-corrected chi connectivity index (χ2v) is 6.33. The van der Waals surface area contributed by atoms with Crippen molar-refractivity contribution in [3.05, 3.63) is 53.6 Å². The molecule has 1 aromatic heterocycles. The number of fused-ring (bicyclic) bond motifs is 1. The molecule has 0 spiro atoms. The number of rotatable bonds is 7. The number of anilines is 1. The smallest absolute Gasteiger partial charge is 0.183 e. The number of hydrogen-bond donors (Lipinski definition) is 1. The van der Waals surface area contributed by atoms with Gasteiger partial charge in [-0.05, 0) is 30.2 Å². The van der Waals surface area contributed by atoms with E-state index in [1.807, 2.05) is 24.3 Å². The molecule has 23 heavy (non-hydrogen) atoms. The quantitative estimate of drug-likeness (QED) is 0.659. The average Bonchev–Trinajstić information content (AvgIpc) is 2.98. The van der Waals surface area contributed by atoms with Gasteiger partial charge in [-0.25, -0.2) is 4.98 Å². The molecule has 3 aromatic rings. The lowest BCUT2D eigenvalue weighted by Gasteiger charge is -2.07. The molecule has 0 fully saturated rings.